The van der Waals surface area contributed by atoms with Crippen LogP contribution in [0.15, 0.2) is 35.0 Å². The van der Waals surface area contributed by atoms with Crippen molar-refractivity contribution in [1.29, 1.82) is 0 Å². The number of urea groups is 1. The standard InChI is InChI=1S/C13H12ClFN2O3/c14-8-4-5-10(13(15,20)7-8)17-11(18)9-3-1-2-6-16(9)12(17)19/h3-5,7,10,20H,1-2,6H2. The van der Waals surface area contributed by atoms with Crippen LogP contribution in [0.3, 0.4) is 0 Å². The van der Waals surface area contributed by atoms with E-state index in [9.17, 15) is 19.1 Å². The maximum absolute atomic E-state index is 14.2. The molecule has 1 N–H and O–H groups in total. The van der Waals surface area contributed by atoms with E-state index < -0.39 is 23.8 Å². The van der Waals surface area contributed by atoms with Gasteiger partial charge in [0.15, 0.2) is 0 Å². The number of alkyl halides is 1. The highest BCUT2D eigenvalue weighted by atomic mass is 35.5. The summed E-state index contributed by atoms with van der Waals surface area (Å²) >= 11 is 5.63. The van der Waals surface area contributed by atoms with Gasteiger partial charge in [0.1, 0.15) is 11.7 Å². The SMILES string of the molecule is O=C1C2=CCCCN2C(=O)N1C1C=CC(Cl)=CC1(O)F. The fourth-order valence-electron chi connectivity index (χ4n) is 2.62. The van der Waals surface area contributed by atoms with E-state index in [-0.39, 0.29) is 10.7 Å². The Morgan fingerprint density at radius 3 is 2.85 bits per heavy atom. The number of nitrogens with zero attached hydrogens (tertiary/aromatic N) is 2. The van der Waals surface area contributed by atoms with E-state index in [1.54, 1.807) is 6.08 Å². The third kappa shape index (κ3) is 1.87. The number of allylic oxidation sites excluding steroid dienone is 3. The molecular formula is C13H12ClFN2O3. The maximum Gasteiger partial charge on any atom is 0.332 e. The van der Waals surface area contributed by atoms with Crippen molar-refractivity contribution in [3.8, 4) is 0 Å². The summed E-state index contributed by atoms with van der Waals surface area (Å²) in [7, 11) is 0. The number of hydrogen-bond donors (Lipinski definition) is 1. The van der Waals surface area contributed by atoms with Crippen LogP contribution in [-0.2, 0) is 4.79 Å². The molecule has 1 aliphatic carbocycles. The predicted octanol–water partition coefficient (Wildman–Crippen LogP) is 1.65. The van der Waals surface area contributed by atoms with Crippen LogP contribution in [0, 0.1) is 0 Å². The van der Waals surface area contributed by atoms with Crippen LogP contribution in [0.2, 0.25) is 0 Å². The molecule has 7 heteroatoms. The lowest BCUT2D eigenvalue weighted by Gasteiger charge is -2.32. The zero-order chi connectivity index (χ0) is 14.5. The maximum atomic E-state index is 14.2. The lowest BCUT2D eigenvalue weighted by Crippen LogP contribution is -2.52. The van der Waals surface area contributed by atoms with Crippen molar-refractivity contribution in [1.82, 2.24) is 9.80 Å². The number of carbonyl (C=O) groups excluding carboxylic acids is 2. The quantitative estimate of drug-likeness (QED) is 0.749. The summed E-state index contributed by atoms with van der Waals surface area (Å²) in [6, 6.07) is -2.02. The van der Waals surface area contributed by atoms with Gasteiger partial charge in [0.05, 0.1) is 0 Å². The molecule has 3 amide bonds. The summed E-state index contributed by atoms with van der Waals surface area (Å²) in [5.74, 6) is -3.46. The van der Waals surface area contributed by atoms with Crippen LogP contribution in [0.5, 0.6) is 0 Å². The van der Waals surface area contributed by atoms with Crippen molar-refractivity contribution in [2.75, 3.05) is 6.54 Å². The Labute approximate surface area is 119 Å². The number of hydrogen-bond acceptors (Lipinski definition) is 3. The van der Waals surface area contributed by atoms with E-state index in [0.29, 0.717) is 13.0 Å². The number of amides is 3. The van der Waals surface area contributed by atoms with E-state index >= 15 is 0 Å². The number of fused-ring (bicyclic) bond motifs is 1. The zero-order valence-electron chi connectivity index (χ0n) is 10.4. The first kappa shape index (κ1) is 13.3. The molecule has 0 aromatic carbocycles. The van der Waals surface area contributed by atoms with E-state index in [1.165, 1.54) is 17.1 Å². The first-order valence-electron chi connectivity index (χ1n) is 6.25. The second kappa shape index (κ2) is 4.43. The Morgan fingerprint density at radius 2 is 2.20 bits per heavy atom. The first-order chi connectivity index (χ1) is 9.42. The number of imide groups is 1. The highest BCUT2D eigenvalue weighted by molar-refractivity contribution is 6.31. The van der Waals surface area contributed by atoms with Crippen LogP contribution < -0.4 is 0 Å². The lowest BCUT2D eigenvalue weighted by molar-refractivity contribution is -0.134. The summed E-state index contributed by atoms with van der Waals surface area (Å²) < 4.78 is 14.2. The van der Waals surface area contributed by atoms with Crippen LogP contribution >= 0.6 is 11.6 Å². The molecule has 2 unspecified atom stereocenters. The minimum Gasteiger partial charge on any atom is -0.357 e. The molecule has 0 aromatic rings. The van der Waals surface area contributed by atoms with E-state index in [0.717, 1.165) is 17.4 Å². The number of aliphatic hydroxyl groups is 1. The van der Waals surface area contributed by atoms with Gasteiger partial charge in [-0.2, -0.15) is 0 Å². The smallest absolute Gasteiger partial charge is 0.332 e. The minimum atomic E-state index is -2.87. The molecule has 0 aromatic heterocycles. The molecule has 20 heavy (non-hydrogen) atoms. The molecule has 2 atom stereocenters. The van der Waals surface area contributed by atoms with Gasteiger partial charge < -0.3 is 5.11 Å². The summed E-state index contributed by atoms with van der Waals surface area (Å²) in [6.07, 6.45) is 6.47. The molecule has 106 valence electrons. The molecule has 3 rings (SSSR count). The highest BCUT2D eigenvalue weighted by Crippen LogP contribution is 2.35. The highest BCUT2D eigenvalue weighted by Gasteiger charge is 2.51. The van der Waals surface area contributed by atoms with Crippen molar-refractivity contribution < 1.29 is 19.1 Å². The Bertz CT molecular complexity index is 582. The van der Waals surface area contributed by atoms with Crippen molar-refractivity contribution >= 4 is 23.5 Å². The van der Waals surface area contributed by atoms with Gasteiger partial charge in [-0.05, 0) is 18.9 Å². The Balaban J connectivity index is 1.98. The van der Waals surface area contributed by atoms with Gasteiger partial charge in [-0.15, -0.1) is 0 Å². The van der Waals surface area contributed by atoms with Crippen molar-refractivity contribution in [2.24, 2.45) is 0 Å². The molecule has 2 aliphatic heterocycles. The Hall–Kier alpha value is -1.66. The van der Waals surface area contributed by atoms with Crippen LogP contribution in [-0.4, -0.2) is 45.3 Å². The van der Waals surface area contributed by atoms with Crippen LogP contribution in [0.25, 0.3) is 0 Å². The second-order valence-electron chi connectivity index (χ2n) is 4.90. The molecule has 0 spiro atoms. The lowest BCUT2D eigenvalue weighted by atomic mass is 10.0. The molecule has 0 saturated carbocycles. The van der Waals surface area contributed by atoms with Gasteiger partial charge in [0.25, 0.3) is 11.8 Å². The fraction of sp³-hybridized carbons (Fsp3) is 0.385. The molecule has 0 bridgehead atoms. The van der Waals surface area contributed by atoms with Crippen LogP contribution in [0.4, 0.5) is 9.18 Å². The molecule has 0 radical (unpaired) electrons. The second-order valence-corrected chi connectivity index (χ2v) is 5.34. The van der Waals surface area contributed by atoms with Crippen LogP contribution in [0.1, 0.15) is 12.8 Å². The number of carbonyl (C=O) groups is 2. The predicted molar refractivity (Wildman–Crippen MR) is 69.2 cm³/mol. The molecule has 2 heterocycles. The first-order valence-corrected chi connectivity index (χ1v) is 6.62. The van der Waals surface area contributed by atoms with Crippen molar-refractivity contribution in [3.63, 3.8) is 0 Å². The summed E-state index contributed by atoms with van der Waals surface area (Å²) in [5.41, 5.74) is 0.256. The Morgan fingerprint density at radius 1 is 1.45 bits per heavy atom. The van der Waals surface area contributed by atoms with E-state index in [2.05, 4.69) is 0 Å². The molecule has 5 nitrogen and oxygen atoms in total. The number of rotatable bonds is 1. The Kier molecular flexibility index (Phi) is 2.95. The van der Waals surface area contributed by atoms with Gasteiger partial charge in [-0.3, -0.25) is 9.69 Å². The number of halogens is 2. The van der Waals surface area contributed by atoms with E-state index in [1.807, 2.05) is 0 Å². The molecule has 1 saturated heterocycles. The van der Waals surface area contributed by atoms with Crippen molar-refractivity contribution in [2.45, 2.75) is 24.7 Å². The van der Waals surface area contributed by atoms with Gasteiger partial charge in [0, 0.05) is 17.7 Å². The van der Waals surface area contributed by atoms with Gasteiger partial charge in [-0.1, -0.05) is 23.8 Å². The normalized spacial score (nSPS) is 33.2. The molecule has 1 fully saturated rings. The summed E-state index contributed by atoms with van der Waals surface area (Å²) in [5, 5.41) is 9.79. The third-order valence-electron chi connectivity index (χ3n) is 3.56. The summed E-state index contributed by atoms with van der Waals surface area (Å²) in [6.45, 7) is 0.421. The molecule has 3 aliphatic rings. The van der Waals surface area contributed by atoms with Gasteiger partial charge >= 0.3 is 6.03 Å². The largest absolute Gasteiger partial charge is 0.357 e. The zero-order valence-corrected chi connectivity index (χ0v) is 11.2. The van der Waals surface area contributed by atoms with Crippen molar-refractivity contribution in [3.05, 3.63) is 35.0 Å². The monoisotopic (exact) mass is 298 g/mol. The minimum absolute atomic E-state index is 0.0160. The van der Waals surface area contributed by atoms with Gasteiger partial charge in [0.2, 0.25) is 0 Å². The third-order valence-corrected chi connectivity index (χ3v) is 3.80. The summed E-state index contributed by atoms with van der Waals surface area (Å²) in [4.78, 5) is 26.6. The topological polar surface area (TPSA) is 60.9 Å². The average molecular weight is 299 g/mol. The van der Waals surface area contributed by atoms with E-state index in [4.69, 9.17) is 11.6 Å². The average Bonchev–Trinajstić information content (AvgIpc) is 2.63. The van der Waals surface area contributed by atoms with Gasteiger partial charge in [-0.25, -0.2) is 14.1 Å². The molecular weight excluding hydrogens is 287 g/mol. The fourth-order valence-corrected chi connectivity index (χ4v) is 2.84.